The van der Waals surface area contributed by atoms with Crippen molar-refractivity contribution in [2.24, 2.45) is 0 Å². The lowest BCUT2D eigenvalue weighted by Gasteiger charge is -2.10. The molecule has 27 heavy (non-hydrogen) atoms. The zero-order chi connectivity index (χ0) is 19.4. The van der Waals surface area contributed by atoms with E-state index in [2.05, 4.69) is 15.6 Å². The monoisotopic (exact) mass is 379 g/mol. The van der Waals surface area contributed by atoms with Gasteiger partial charge in [-0.1, -0.05) is 35.4 Å². The maximum atomic E-state index is 12.5. The summed E-state index contributed by atoms with van der Waals surface area (Å²) in [7, 11) is 0. The van der Waals surface area contributed by atoms with Crippen LogP contribution in [0.5, 0.6) is 0 Å². The predicted octanol–water partition coefficient (Wildman–Crippen LogP) is 4.86. The van der Waals surface area contributed by atoms with E-state index in [1.165, 1.54) is 12.3 Å². The molecule has 0 saturated heterocycles. The quantitative estimate of drug-likeness (QED) is 0.680. The number of amides is 2. The van der Waals surface area contributed by atoms with E-state index < -0.39 is 5.91 Å². The fraction of sp³-hybridized carbons (Fsp3) is 0.0952. The second-order valence-electron chi connectivity index (χ2n) is 6.12. The lowest BCUT2D eigenvalue weighted by Crippen LogP contribution is -2.17. The Morgan fingerprint density at radius 1 is 0.926 bits per heavy atom. The number of nitrogens with zero attached hydrogens (tertiary/aromatic N) is 1. The highest BCUT2D eigenvalue weighted by molar-refractivity contribution is 6.31. The molecule has 0 fully saturated rings. The minimum absolute atomic E-state index is 0.144. The molecule has 2 N–H and O–H groups in total. The molecule has 2 aromatic carbocycles. The third-order valence-corrected chi connectivity index (χ3v) is 4.49. The Bertz CT molecular complexity index is 1000. The molecule has 1 aromatic heterocycles. The summed E-state index contributed by atoms with van der Waals surface area (Å²) in [5.74, 6) is -0.723. The lowest BCUT2D eigenvalue weighted by atomic mass is 10.1. The van der Waals surface area contributed by atoms with Gasteiger partial charge in [-0.15, -0.1) is 0 Å². The van der Waals surface area contributed by atoms with Gasteiger partial charge < -0.3 is 10.6 Å². The Morgan fingerprint density at radius 2 is 1.67 bits per heavy atom. The molecule has 6 heteroatoms. The summed E-state index contributed by atoms with van der Waals surface area (Å²) in [6.07, 6.45) is 1.43. The number of anilines is 2. The topological polar surface area (TPSA) is 71.1 Å². The van der Waals surface area contributed by atoms with E-state index in [0.29, 0.717) is 22.0 Å². The molecule has 0 radical (unpaired) electrons. The molecular formula is C21H18ClN3O2. The zero-order valence-corrected chi connectivity index (χ0v) is 15.7. The van der Waals surface area contributed by atoms with Gasteiger partial charge in [-0.25, -0.2) is 0 Å². The van der Waals surface area contributed by atoms with E-state index in [0.717, 1.165) is 11.1 Å². The van der Waals surface area contributed by atoms with Crippen molar-refractivity contribution in [3.63, 3.8) is 0 Å². The summed E-state index contributed by atoms with van der Waals surface area (Å²) >= 11 is 6.08. The summed E-state index contributed by atoms with van der Waals surface area (Å²) in [4.78, 5) is 29.0. The smallest absolute Gasteiger partial charge is 0.274 e. The molecule has 2 amide bonds. The standard InChI is InChI=1S/C21H18ClN3O2/c1-13-6-8-16(9-7-13)24-20(26)15-10-11-23-19(12-15)21(27)25-18-5-3-4-17(22)14(18)2/h3-12H,1-2H3,(H,24,26)(H,25,27). The molecule has 0 aliphatic heterocycles. The Morgan fingerprint density at radius 3 is 2.41 bits per heavy atom. The van der Waals surface area contributed by atoms with Crippen molar-refractivity contribution in [2.45, 2.75) is 13.8 Å². The van der Waals surface area contributed by atoms with Crippen molar-refractivity contribution in [1.82, 2.24) is 4.98 Å². The summed E-state index contributed by atoms with van der Waals surface area (Å²) in [5, 5.41) is 6.14. The van der Waals surface area contributed by atoms with Crippen LogP contribution >= 0.6 is 11.6 Å². The van der Waals surface area contributed by atoms with Gasteiger partial charge in [-0.2, -0.15) is 0 Å². The first-order valence-electron chi connectivity index (χ1n) is 8.34. The van der Waals surface area contributed by atoms with Gasteiger partial charge in [0.15, 0.2) is 0 Å². The van der Waals surface area contributed by atoms with Crippen LogP contribution in [0, 0.1) is 13.8 Å². The van der Waals surface area contributed by atoms with Gasteiger partial charge in [0.05, 0.1) is 0 Å². The Hall–Kier alpha value is -3.18. The normalized spacial score (nSPS) is 10.3. The fourth-order valence-electron chi connectivity index (χ4n) is 2.47. The molecule has 0 saturated carbocycles. The number of carbonyl (C=O) groups is 2. The van der Waals surface area contributed by atoms with Crippen LogP contribution in [0.15, 0.2) is 60.8 Å². The molecule has 1 heterocycles. The van der Waals surface area contributed by atoms with Crippen LogP contribution in [0.3, 0.4) is 0 Å². The average Bonchev–Trinajstić information content (AvgIpc) is 2.67. The van der Waals surface area contributed by atoms with E-state index in [4.69, 9.17) is 11.6 Å². The molecule has 0 bridgehead atoms. The number of hydrogen-bond acceptors (Lipinski definition) is 3. The number of aryl methyl sites for hydroxylation is 1. The second kappa shape index (κ2) is 8.01. The average molecular weight is 380 g/mol. The van der Waals surface area contributed by atoms with E-state index in [9.17, 15) is 9.59 Å². The number of carbonyl (C=O) groups excluding carboxylic acids is 2. The van der Waals surface area contributed by atoms with Gasteiger partial charge in [0.25, 0.3) is 11.8 Å². The van der Waals surface area contributed by atoms with Crippen LogP contribution in [-0.2, 0) is 0 Å². The molecule has 0 aliphatic rings. The number of rotatable bonds is 4. The maximum Gasteiger partial charge on any atom is 0.274 e. The fourth-order valence-corrected chi connectivity index (χ4v) is 2.64. The first-order valence-corrected chi connectivity index (χ1v) is 8.72. The number of pyridine rings is 1. The molecule has 0 atom stereocenters. The van der Waals surface area contributed by atoms with Crippen molar-refractivity contribution >= 4 is 34.8 Å². The molecule has 0 unspecified atom stereocenters. The van der Waals surface area contributed by atoms with Crippen LogP contribution in [0.1, 0.15) is 32.0 Å². The largest absolute Gasteiger partial charge is 0.322 e. The predicted molar refractivity (Wildman–Crippen MR) is 108 cm³/mol. The van der Waals surface area contributed by atoms with Crippen LogP contribution < -0.4 is 10.6 Å². The van der Waals surface area contributed by atoms with Crippen molar-refractivity contribution in [2.75, 3.05) is 10.6 Å². The van der Waals surface area contributed by atoms with Gasteiger partial charge in [-0.3, -0.25) is 14.6 Å². The number of aromatic nitrogens is 1. The summed E-state index contributed by atoms with van der Waals surface area (Å²) < 4.78 is 0. The molecular weight excluding hydrogens is 362 g/mol. The summed E-state index contributed by atoms with van der Waals surface area (Å²) in [6, 6.07) is 15.7. The molecule has 5 nitrogen and oxygen atoms in total. The van der Waals surface area contributed by atoms with Crippen molar-refractivity contribution in [3.05, 3.63) is 88.2 Å². The van der Waals surface area contributed by atoms with Gasteiger partial charge in [0.1, 0.15) is 5.69 Å². The molecule has 3 rings (SSSR count). The first-order chi connectivity index (χ1) is 12.9. The van der Waals surface area contributed by atoms with Crippen LogP contribution in [0.2, 0.25) is 5.02 Å². The number of hydrogen-bond donors (Lipinski definition) is 2. The van der Waals surface area contributed by atoms with Gasteiger partial charge in [-0.05, 0) is 55.8 Å². The number of nitrogens with one attached hydrogen (secondary N) is 2. The third-order valence-electron chi connectivity index (χ3n) is 4.08. The summed E-state index contributed by atoms with van der Waals surface area (Å²) in [6.45, 7) is 3.79. The Kier molecular flexibility index (Phi) is 5.52. The minimum Gasteiger partial charge on any atom is -0.322 e. The van der Waals surface area contributed by atoms with E-state index >= 15 is 0 Å². The van der Waals surface area contributed by atoms with Crippen molar-refractivity contribution in [3.8, 4) is 0 Å². The number of benzene rings is 2. The van der Waals surface area contributed by atoms with Gasteiger partial charge >= 0.3 is 0 Å². The summed E-state index contributed by atoms with van der Waals surface area (Å²) in [5.41, 5.74) is 3.64. The Labute approximate surface area is 162 Å². The highest BCUT2D eigenvalue weighted by Crippen LogP contribution is 2.23. The van der Waals surface area contributed by atoms with Crippen LogP contribution in [-0.4, -0.2) is 16.8 Å². The minimum atomic E-state index is -0.412. The lowest BCUT2D eigenvalue weighted by molar-refractivity contribution is 0.102. The highest BCUT2D eigenvalue weighted by Gasteiger charge is 2.14. The van der Waals surface area contributed by atoms with E-state index in [-0.39, 0.29) is 11.6 Å². The number of halogens is 1. The van der Waals surface area contributed by atoms with Crippen molar-refractivity contribution < 1.29 is 9.59 Å². The second-order valence-corrected chi connectivity index (χ2v) is 6.52. The van der Waals surface area contributed by atoms with Gasteiger partial charge in [0.2, 0.25) is 0 Å². The molecule has 0 aliphatic carbocycles. The van der Waals surface area contributed by atoms with E-state index in [1.54, 1.807) is 24.3 Å². The third kappa shape index (κ3) is 4.51. The Balaban J connectivity index is 1.76. The molecule has 136 valence electrons. The van der Waals surface area contributed by atoms with Crippen LogP contribution in [0.25, 0.3) is 0 Å². The molecule has 3 aromatic rings. The highest BCUT2D eigenvalue weighted by atomic mass is 35.5. The SMILES string of the molecule is Cc1ccc(NC(=O)c2ccnc(C(=O)Nc3cccc(Cl)c3C)c2)cc1. The van der Waals surface area contributed by atoms with Gasteiger partial charge in [0, 0.05) is 28.2 Å². The maximum absolute atomic E-state index is 12.5. The van der Waals surface area contributed by atoms with Crippen LogP contribution in [0.4, 0.5) is 11.4 Å². The first kappa shape index (κ1) is 18.6. The van der Waals surface area contributed by atoms with Crippen molar-refractivity contribution in [1.29, 1.82) is 0 Å². The zero-order valence-electron chi connectivity index (χ0n) is 14.9. The van der Waals surface area contributed by atoms with E-state index in [1.807, 2.05) is 38.1 Å². The molecule has 0 spiro atoms.